The molecule has 0 radical (unpaired) electrons. The van der Waals surface area contributed by atoms with E-state index in [-0.39, 0.29) is 5.91 Å². The van der Waals surface area contributed by atoms with E-state index in [9.17, 15) is 4.79 Å². The molecule has 0 aromatic carbocycles. The second-order valence-corrected chi connectivity index (χ2v) is 1.90. The Hall–Kier alpha value is -1.38. The summed E-state index contributed by atoms with van der Waals surface area (Å²) in [5.41, 5.74) is 0. The number of hydrogen-bond acceptors (Lipinski definition) is 2. The number of carbonyl (C=O) groups excluding carboxylic acids is 1. The van der Waals surface area contributed by atoms with E-state index in [1.165, 1.54) is 6.92 Å². The van der Waals surface area contributed by atoms with Crippen molar-refractivity contribution in [2.24, 2.45) is 0 Å². The molecule has 0 aliphatic heterocycles. The minimum atomic E-state index is -0.0984. The van der Waals surface area contributed by atoms with Gasteiger partial charge in [0, 0.05) is 13.1 Å². The van der Waals surface area contributed by atoms with Crippen molar-refractivity contribution in [1.82, 2.24) is 4.98 Å². The Bertz CT molecular complexity index is 222. The lowest BCUT2D eigenvalue weighted by Gasteiger charge is -1.96. The van der Waals surface area contributed by atoms with Gasteiger partial charge in [-0.2, -0.15) is 0 Å². The van der Waals surface area contributed by atoms with Gasteiger partial charge in [0.25, 0.3) is 0 Å². The van der Waals surface area contributed by atoms with Crippen LogP contribution < -0.4 is 5.32 Å². The van der Waals surface area contributed by atoms with Gasteiger partial charge in [0.05, 0.1) is 0 Å². The number of hydrogen-bond donors (Lipinski definition) is 1. The summed E-state index contributed by atoms with van der Waals surface area (Å²) in [4.78, 5) is 14.3. The van der Waals surface area contributed by atoms with Gasteiger partial charge in [-0.25, -0.2) is 4.98 Å². The van der Waals surface area contributed by atoms with Gasteiger partial charge in [-0.3, -0.25) is 4.79 Å². The number of aromatic nitrogens is 1. The van der Waals surface area contributed by atoms with Crippen molar-refractivity contribution < 1.29 is 4.79 Å². The maximum absolute atomic E-state index is 10.5. The number of carbonyl (C=O) groups is 1. The van der Waals surface area contributed by atoms with Crippen LogP contribution in [-0.2, 0) is 4.79 Å². The zero-order valence-corrected chi connectivity index (χ0v) is 9.66. The predicted octanol–water partition coefficient (Wildman–Crippen LogP) is 3.09. The summed E-state index contributed by atoms with van der Waals surface area (Å²) in [5, 5.41) is 2.55. The molecule has 0 atom stereocenters. The third-order valence-corrected chi connectivity index (χ3v) is 0.969. The summed E-state index contributed by atoms with van der Waals surface area (Å²) in [5.74, 6) is 0.494. The molecule has 0 bridgehead atoms. The average molecular weight is 196 g/mol. The van der Waals surface area contributed by atoms with Crippen LogP contribution in [0.15, 0.2) is 24.4 Å². The lowest BCUT2D eigenvalue weighted by Crippen LogP contribution is -2.06. The largest absolute Gasteiger partial charge is 0.311 e. The molecule has 14 heavy (non-hydrogen) atoms. The fourth-order valence-electron chi connectivity index (χ4n) is 0.617. The summed E-state index contributed by atoms with van der Waals surface area (Å²) in [7, 11) is 0. The van der Waals surface area contributed by atoms with Crippen molar-refractivity contribution in [2.75, 3.05) is 5.32 Å². The summed E-state index contributed by atoms with van der Waals surface area (Å²) in [6.45, 7) is 9.45. The molecular weight excluding hydrogens is 176 g/mol. The number of nitrogens with one attached hydrogen (secondary N) is 1. The van der Waals surface area contributed by atoms with Gasteiger partial charge in [-0.1, -0.05) is 33.8 Å². The van der Waals surface area contributed by atoms with E-state index >= 15 is 0 Å². The molecule has 1 amide bonds. The SMILES string of the molecule is CC.CC.CC(=O)Nc1ccccn1. The van der Waals surface area contributed by atoms with Gasteiger partial charge in [-0.05, 0) is 12.1 Å². The lowest BCUT2D eigenvalue weighted by molar-refractivity contribution is -0.114. The topological polar surface area (TPSA) is 42.0 Å². The highest BCUT2D eigenvalue weighted by Crippen LogP contribution is 1.97. The third kappa shape index (κ3) is 8.71. The first-order valence-electron chi connectivity index (χ1n) is 4.97. The van der Waals surface area contributed by atoms with E-state index in [4.69, 9.17) is 0 Å². The van der Waals surface area contributed by atoms with Crippen molar-refractivity contribution in [3.63, 3.8) is 0 Å². The van der Waals surface area contributed by atoms with Crippen LogP contribution in [0.2, 0.25) is 0 Å². The van der Waals surface area contributed by atoms with Crippen LogP contribution in [0, 0.1) is 0 Å². The van der Waals surface area contributed by atoms with Crippen LogP contribution >= 0.6 is 0 Å². The molecule has 0 fully saturated rings. The molecule has 0 aliphatic rings. The molecule has 0 spiro atoms. The summed E-state index contributed by atoms with van der Waals surface area (Å²) in [6, 6.07) is 5.35. The predicted molar refractivity (Wildman–Crippen MR) is 61.2 cm³/mol. The molecule has 3 heteroatoms. The van der Waals surface area contributed by atoms with Crippen molar-refractivity contribution in [2.45, 2.75) is 34.6 Å². The smallest absolute Gasteiger partial charge is 0.222 e. The van der Waals surface area contributed by atoms with Crippen LogP contribution in [0.3, 0.4) is 0 Å². The van der Waals surface area contributed by atoms with E-state index in [0.717, 1.165) is 0 Å². The normalized spacial score (nSPS) is 7.21. The molecule has 0 aliphatic carbocycles. The van der Waals surface area contributed by atoms with Crippen LogP contribution in [0.1, 0.15) is 34.6 Å². The van der Waals surface area contributed by atoms with Gasteiger partial charge in [0.1, 0.15) is 5.82 Å². The average Bonchev–Trinajstić information content (AvgIpc) is 2.24. The Balaban J connectivity index is 0. The quantitative estimate of drug-likeness (QED) is 0.750. The lowest BCUT2D eigenvalue weighted by atomic mass is 10.4. The summed E-state index contributed by atoms with van der Waals surface area (Å²) >= 11 is 0. The van der Waals surface area contributed by atoms with E-state index in [0.29, 0.717) is 5.82 Å². The van der Waals surface area contributed by atoms with Crippen LogP contribution in [0.5, 0.6) is 0 Å². The fourth-order valence-corrected chi connectivity index (χ4v) is 0.617. The molecule has 1 aromatic heterocycles. The zero-order chi connectivity index (χ0) is 11.4. The van der Waals surface area contributed by atoms with E-state index in [2.05, 4.69) is 10.3 Å². The standard InChI is InChI=1S/C7H8N2O.2C2H6/c1-6(10)9-7-4-2-3-5-8-7;2*1-2/h2-5H,1H3,(H,8,9,10);2*1-2H3. The molecule has 1 N–H and O–H groups in total. The Labute approximate surface area is 86.6 Å². The van der Waals surface area contributed by atoms with Crippen molar-refractivity contribution in [3.05, 3.63) is 24.4 Å². The van der Waals surface area contributed by atoms with E-state index in [1.807, 2.05) is 33.8 Å². The molecule has 0 unspecified atom stereocenters. The highest BCUT2D eigenvalue weighted by molar-refractivity contribution is 5.87. The fraction of sp³-hybridized carbons (Fsp3) is 0.455. The maximum atomic E-state index is 10.5. The van der Waals surface area contributed by atoms with Gasteiger partial charge in [0.2, 0.25) is 5.91 Å². The van der Waals surface area contributed by atoms with E-state index in [1.54, 1.807) is 18.3 Å². The first kappa shape index (κ1) is 15.1. The molecule has 0 saturated heterocycles. The Morgan fingerprint density at radius 3 is 2.14 bits per heavy atom. The summed E-state index contributed by atoms with van der Waals surface area (Å²) < 4.78 is 0. The highest BCUT2D eigenvalue weighted by Gasteiger charge is 1.91. The number of rotatable bonds is 1. The van der Waals surface area contributed by atoms with Gasteiger partial charge >= 0.3 is 0 Å². The van der Waals surface area contributed by atoms with Gasteiger partial charge in [0.15, 0.2) is 0 Å². The first-order valence-corrected chi connectivity index (χ1v) is 4.97. The molecule has 1 aromatic rings. The molecule has 3 nitrogen and oxygen atoms in total. The maximum Gasteiger partial charge on any atom is 0.222 e. The number of pyridine rings is 1. The highest BCUT2D eigenvalue weighted by atomic mass is 16.1. The Kier molecular flexibility index (Phi) is 12.5. The Morgan fingerprint density at radius 1 is 1.21 bits per heavy atom. The second-order valence-electron chi connectivity index (χ2n) is 1.90. The number of anilines is 1. The monoisotopic (exact) mass is 196 g/mol. The number of nitrogens with zero attached hydrogens (tertiary/aromatic N) is 1. The van der Waals surface area contributed by atoms with Crippen LogP contribution in [0.25, 0.3) is 0 Å². The summed E-state index contributed by atoms with van der Waals surface area (Å²) in [6.07, 6.45) is 1.63. The molecule has 80 valence electrons. The zero-order valence-electron chi connectivity index (χ0n) is 9.66. The van der Waals surface area contributed by atoms with Crippen molar-refractivity contribution in [1.29, 1.82) is 0 Å². The van der Waals surface area contributed by atoms with Crippen molar-refractivity contribution >= 4 is 11.7 Å². The van der Waals surface area contributed by atoms with Gasteiger partial charge in [-0.15, -0.1) is 0 Å². The van der Waals surface area contributed by atoms with Crippen LogP contribution in [0.4, 0.5) is 5.82 Å². The minimum Gasteiger partial charge on any atom is -0.311 e. The molecular formula is C11H20N2O. The molecule has 1 rings (SSSR count). The van der Waals surface area contributed by atoms with Crippen molar-refractivity contribution in [3.8, 4) is 0 Å². The van der Waals surface area contributed by atoms with Gasteiger partial charge < -0.3 is 5.32 Å². The molecule has 0 saturated carbocycles. The second kappa shape index (κ2) is 11.6. The Morgan fingerprint density at radius 2 is 1.79 bits per heavy atom. The van der Waals surface area contributed by atoms with E-state index < -0.39 is 0 Å². The first-order chi connectivity index (χ1) is 6.79. The number of amides is 1. The van der Waals surface area contributed by atoms with Crippen LogP contribution in [-0.4, -0.2) is 10.9 Å². The molecule has 1 heterocycles. The minimum absolute atomic E-state index is 0.0984. The third-order valence-electron chi connectivity index (χ3n) is 0.969.